The number of rotatable bonds is 9. The highest BCUT2D eigenvalue weighted by Crippen LogP contribution is 2.25. The molecule has 0 fully saturated rings. The maximum atomic E-state index is 9.63. The number of aliphatic hydroxyl groups excluding tert-OH is 1. The van der Waals surface area contributed by atoms with Crippen molar-refractivity contribution in [3.8, 4) is 17.2 Å². The van der Waals surface area contributed by atoms with Crippen molar-refractivity contribution in [1.82, 2.24) is 0 Å². The van der Waals surface area contributed by atoms with Crippen LogP contribution in [-0.4, -0.2) is 24.6 Å². The predicted octanol–water partition coefficient (Wildman–Crippen LogP) is 3.58. The van der Waals surface area contributed by atoms with Crippen LogP contribution >= 0.6 is 0 Å². The average Bonchev–Trinajstić information content (AvgIpc) is 2.54. The fraction of sp³-hybridized carbons (Fsp3) is 0.333. The van der Waals surface area contributed by atoms with E-state index < -0.39 is 6.29 Å². The van der Waals surface area contributed by atoms with Gasteiger partial charge in [0.05, 0.1) is 0 Å². The molecule has 0 aliphatic carbocycles. The van der Waals surface area contributed by atoms with Gasteiger partial charge in [0.25, 0.3) is 0 Å². The summed E-state index contributed by atoms with van der Waals surface area (Å²) in [5.74, 6) is 2.00. The molecule has 0 bridgehead atoms. The molecule has 0 saturated carbocycles. The van der Waals surface area contributed by atoms with Crippen LogP contribution < -0.4 is 15.2 Å². The molecule has 5 heteroatoms. The third kappa shape index (κ3) is 6.18. The van der Waals surface area contributed by atoms with E-state index in [1.54, 1.807) is 36.4 Å². The van der Waals surface area contributed by atoms with E-state index in [0.717, 1.165) is 12.8 Å². The molecule has 0 heterocycles. The van der Waals surface area contributed by atoms with Crippen molar-refractivity contribution in [2.45, 2.75) is 26.1 Å². The lowest BCUT2D eigenvalue weighted by molar-refractivity contribution is -0.119. The summed E-state index contributed by atoms with van der Waals surface area (Å²) in [6.07, 6.45) is 1.04. The molecular formula is C18H23NO4. The highest BCUT2D eigenvalue weighted by Gasteiger charge is 2.05. The molecule has 2 aromatic carbocycles. The van der Waals surface area contributed by atoms with Gasteiger partial charge in [-0.05, 0) is 42.8 Å². The molecule has 0 aromatic heterocycles. The third-order valence-electron chi connectivity index (χ3n) is 3.12. The van der Waals surface area contributed by atoms with Gasteiger partial charge in [-0.2, -0.15) is 0 Å². The lowest BCUT2D eigenvalue weighted by atomic mass is 10.3. The van der Waals surface area contributed by atoms with Gasteiger partial charge in [0.1, 0.15) is 23.9 Å². The highest BCUT2D eigenvalue weighted by atomic mass is 16.6. The van der Waals surface area contributed by atoms with E-state index in [9.17, 15) is 5.11 Å². The Morgan fingerprint density at radius 3 is 2.48 bits per heavy atom. The first-order chi connectivity index (χ1) is 11.2. The van der Waals surface area contributed by atoms with E-state index in [0.29, 0.717) is 29.5 Å². The predicted molar refractivity (Wildman–Crippen MR) is 89.7 cm³/mol. The topological polar surface area (TPSA) is 73.9 Å². The van der Waals surface area contributed by atoms with Gasteiger partial charge < -0.3 is 25.1 Å². The smallest absolute Gasteiger partial charge is 0.189 e. The minimum Gasteiger partial charge on any atom is -0.488 e. The molecule has 2 aromatic rings. The van der Waals surface area contributed by atoms with Crippen molar-refractivity contribution < 1.29 is 19.3 Å². The molecule has 2 rings (SSSR count). The van der Waals surface area contributed by atoms with Crippen LogP contribution in [-0.2, 0) is 4.74 Å². The van der Waals surface area contributed by atoms with Crippen molar-refractivity contribution >= 4 is 5.69 Å². The summed E-state index contributed by atoms with van der Waals surface area (Å²) in [5, 5.41) is 9.63. The summed E-state index contributed by atoms with van der Waals surface area (Å²) < 4.78 is 16.4. The fourth-order valence-electron chi connectivity index (χ4n) is 1.90. The first-order valence-electron chi connectivity index (χ1n) is 7.73. The second-order valence-electron chi connectivity index (χ2n) is 5.14. The van der Waals surface area contributed by atoms with E-state index in [1.165, 1.54) is 0 Å². The molecule has 5 nitrogen and oxygen atoms in total. The Morgan fingerprint density at radius 1 is 1.04 bits per heavy atom. The van der Waals surface area contributed by atoms with Crippen LogP contribution in [0.4, 0.5) is 5.69 Å². The number of hydrogen-bond acceptors (Lipinski definition) is 5. The molecule has 23 heavy (non-hydrogen) atoms. The van der Waals surface area contributed by atoms with Crippen molar-refractivity contribution in [3.63, 3.8) is 0 Å². The van der Waals surface area contributed by atoms with Gasteiger partial charge in [-0.1, -0.05) is 19.4 Å². The van der Waals surface area contributed by atoms with Crippen molar-refractivity contribution in [1.29, 1.82) is 0 Å². The van der Waals surface area contributed by atoms with Crippen LogP contribution in [0.25, 0.3) is 0 Å². The molecule has 0 amide bonds. The van der Waals surface area contributed by atoms with Gasteiger partial charge in [0, 0.05) is 18.4 Å². The Balaban J connectivity index is 1.80. The Labute approximate surface area is 136 Å². The number of nitrogens with two attached hydrogens (primary N) is 1. The van der Waals surface area contributed by atoms with Crippen molar-refractivity contribution in [3.05, 3.63) is 48.5 Å². The molecule has 0 aliphatic heterocycles. The zero-order chi connectivity index (χ0) is 16.5. The summed E-state index contributed by atoms with van der Waals surface area (Å²) in [7, 11) is 0. The van der Waals surface area contributed by atoms with Gasteiger partial charge >= 0.3 is 0 Å². The van der Waals surface area contributed by atoms with Crippen LogP contribution in [0.1, 0.15) is 19.8 Å². The highest BCUT2D eigenvalue weighted by molar-refractivity contribution is 5.45. The Hall–Kier alpha value is -2.24. The van der Waals surface area contributed by atoms with Gasteiger partial charge in [0.15, 0.2) is 6.29 Å². The quantitative estimate of drug-likeness (QED) is 0.420. The van der Waals surface area contributed by atoms with Gasteiger partial charge in [-0.15, -0.1) is 0 Å². The minimum absolute atomic E-state index is 0.0964. The molecule has 3 N–H and O–H groups in total. The summed E-state index contributed by atoms with van der Waals surface area (Å²) in [6.45, 7) is 2.70. The third-order valence-corrected chi connectivity index (χ3v) is 3.12. The second-order valence-corrected chi connectivity index (χ2v) is 5.14. The van der Waals surface area contributed by atoms with Crippen LogP contribution in [0.5, 0.6) is 17.2 Å². The first kappa shape index (κ1) is 17.1. The summed E-state index contributed by atoms with van der Waals surface area (Å²) in [5.41, 5.74) is 6.36. The second kappa shape index (κ2) is 9.02. The molecule has 124 valence electrons. The molecule has 0 radical (unpaired) electrons. The van der Waals surface area contributed by atoms with E-state index >= 15 is 0 Å². The average molecular weight is 317 g/mol. The van der Waals surface area contributed by atoms with E-state index in [-0.39, 0.29) is 6.61 Å². The number of aliphatic hydroxyl groups is 1. The molecule has 0 saturated heterocycles. The lowest BCUT2D eigenvalue weighted by Crippen LogP contribution is -2.21. The monoisotopic (exact) mass is 317 g/mol. The van der Waals surface area contributed by atoms with E-state index in [1.807, 2.05) is 12.1 Å². The minimum atomic E-state index is -0.912. The van der Waals surface area contributed by atoms with Crippen LogP contribution in [0.2, 0.25) is 0 Å². The Morgan fingerprint density at radius 2 is 1.78 bits per heavy atom. The zero-order valence-corrected chi connectivity index (χ0v) is 13.3. The Kier molecular flexibility index (Phi) is 6.72. The zero-order valence-electron chi connectivity index (χ0n) is 13.3. The summed E-state index contributed by atoms with van der Waals surface area (Å²) in [4.78, 5) is 0. The standard InChI is InChI=1S/C18H23NO4/c1-2-3-11-21-18(20)13-22-15-7-9-16(10-8-15)23-17-6-4-5-14(19)12-17/h4-10,12,18,20H,2-3,11,13,19H2,1H3. The molecular weight excluding hydrogens is 294 g/mol. The maximum absolute atomic E-state index is 9.63. The normalized spacial score (nSPS) is 11.9. The van der Waals surface area contributed by atoms with Crippen LogP contribution in [0, 0.1) is 0 Å². The number of anilines is 1. The molecule has 0 spiro atoms. The molecule has 1 atom stereocenters. The Bertz CT molecular complexity index is 586. The number of hydrogen-bond donors (Lipinski definition) is 2. The number of benzene rings is 2. The van der Waals surface area contributed by atoms with E-state index in [2.05, 4.69) is 6.92 Å². The maximum Gasteiger partial charge on any atom is 0.189 e. The van der Waals surface area contributed by atoms with Crippen molar-refractivity contribution in [2.75, 3.05) is 18.9 Å². The van der Waals surface area contributed by atoms with Crippen LogP contribution in [0.3, 0.4) is 0 Å². The van der Waals surface area contributed by atoms with Crippen molar-refractivity contribution in [2.24, 2.45) is 0 Å². The number of unbranched alkanes of at least 4 members (excludes halogenated alkanes) is 1. The number of nitrogen functional groups attached to an aromatic ring is 1. The van der Waals surface area contributed by atoms with Crippen LogP contribution in [0.15, 0.2) is 48.5 Å². The molecule has 1 unspecified atom stereocenters. The lowest BCUT2D eigenvalue weighted by Gasteiger charge is -2.13. The fourth-order valence-corrected chi connectivity index (χ4v) is 1.90. The summed E-state index contributed by atoms with van der Waals surface area (Å²) >= 11 is 0. The largest absolute Gasteiger partial charge is 0.488 e. The van der Waals surface area contributed by atoms with Gasteiger partial charge in [0.2, 0.25) is 0 Å². The van der Waals surface area contributed by atoms with E-state index in [4.69, 9.17) is 19.9 Å². The first-order valence-corrected chi connectivity index (χ1v) is 7.73. The summed E-state index contributed by atoms with van der Waals surface area (Å²) in [6, 6.07) is 14.4. The van der Waals surface area contributed by atoms with Gasteiger partial charge in [-0.25, -0.2) is 0 Å². The number of ether oxygens (including phenoxy) is 3. The SMILES string of the molecule is CCCCOC(O)COc1ccc(Oc2cccc(N)c2)cc1. The van der Waals surface area contributed by atoms with Gasteiger partial charge in [-0.3, -0.25) is 0 Å². The molecule has 0 aliphatic rings.